The van der Waals surface area contributed by atoms with Crippen molar-refractivity contribution in [2.24, 2.45) is 0 Å². The number of aromatic nitrogens is 2. The highest BCUT2D eigenvalue weighted by atomic mass is 32.2. The molecule has 1 aliphatic rings. The maximum absolute atomic E-state index is 13.7. The molecule has 0 N–H and O–H groups in total. The summed E-state index contributed by atoms with van der Waals surface area (Å²) in [6.45, 7) is 2.07. The van der Waals surface area contributed by atoms with E-state index in [1.54, 1.807) is 36.4 Å². The Morgan fingerprint density at radius 1 is 1.08 bits per heavy atom. The highest BCUT2D eigenvalue weighted by Crippen LogP contribution is 2.36. The van der Waals surface area contributed by atoms with Crippen molar-refractivity contribution in [1.29, 1.82) is 0 Å². The summed E-state index contributed by atoms with van der Waals surface area (Å²) in [5, 5.41) is 0.531. The lowest BCUT2D eigenvalue weighted by Gasteiger charge is -2.08. The summed E-state index contributed by atoms with van der Waals surface area (Å²) < 4.78 is 30.2. The molecule has 0 unspecified atom stereocenters. The number of hydrogen-bond acceptors (Lipinski definition) is 6. The summed E-state index contributed by atoms with van der Waals surface area (Å²) in [5.41, 5.74) is 1.38. The molecule has 0 fully saturated rings. The molecule has 7 heteroatoms. The van der Waals surface area contributed by atoms with Crippen molar-refractivity contribution in [1.82, 2.24) is 9.97 Å². The number of ether oxygens (including phenoxy) is 3. The molecule has 26 heavy (non-hydrogen) atoms. The van der Waals surface area contributed by atoms with Gasteiger partial charge in [0.15, 0.2) is 16.7 Å². The summed E-state index contributed by atoms with van der Waals surface area (Å²) in [4.78, 5) is 8.79. The van der Waals surface area contributed by atoms with Gasteiger partial charge in [-0.15, -0.1) is 0 Å². The number of halogens is 1. The van der Waals surface area contributed by atoms with Crippen LogP contribution in [-0.4, -0.2) is 16.8 Å². The first-order valence-electron chi connectivity index (χ1n) is 7.97. The van der Waals surface area contributed by atoms with E-state index in [0.717, 1.165) is 5.69 Å². The zero-order valence-electron chi connectivity index (χ0n) is 13.9. The number of hydrogen-bond donors (Lipinski definition) is 0. The average molecular weight is 370 g/mol. The Morgan fingerprint density at radius 2 is 1.92 bits per heavy atom. The zero-order chi connectivity index (χ0) is 17.9. The molecule has 5 nitrogen and oxygen atoms in total. The Kier molecular flexibility index (Phi) is 4.62. The van der Waals surface area contributed by atoms with Gasteiger partial charge in [0.05, 0.1) is 0 Å². The number of nitrogens with zero attached hydrogens (tertiary/aromatic N) is 2. The van der Waals surface area contributed by atoms with Gasteiger partial charge in [0.1, 0.15) is 11.6 Å². The fourth-order valence-corrected chi connectivity index (χ4v) is 3.33. The van der Waals surface area contributed by atoms with Crippen LogP contribution < -0.4 is 14.2 Å². The van der Waals surface area contributed by atoms with E-state index in [4.69, 9.17) is 14.2 Å². The summed E-state index contributed by atoms with van der Waals surface area (Å²) >= 11 is 1.36. The van der Waals surface area contributed by atoms with Gasteiger partial charge in [-0.05, 0) is 30.7 Å². The smallest absolute Gasteiger partial charge is 0.231 e. The van der Waals surface area contributed by atoms with Crippen LogP contribution in [0.3, 0.4) is 0 Å². The number of aryl methyl sites for hydroxylation is 1. The van der Waals surface area contributed by atoms with Crippen molar-refractivity contribution in [3.8, 4) is 23.1 Å². The van der Waals surface area contributed by atoms with E-state index >= 15 is 0 Å². The van der Waals surface area contributed by atoms with Crippen LogP contribution in [0.5, 0.6) is 23.1 Å². The summed E-state index contributed by atoms with van der Waals surface area (Å²) in [5.74, 6) is 2.56. The Bertz CT molecular complexity index is 952. The van der Waals surface area contributed by atoms with Crippen LogP contribution in [0.15, 0.2) is 53.7 Å². The average Bonchev–Trinajstić information content (AvgIpc) is 3.08. The second-order valence-electron chi connectivity index (χ2n) is 5.63. The number of rotatable bonds is 5. The molecular formula is C19H15FN2O3S. The van der Waals surface area contributed by atoms with Crippen molar-refractivity contribution < 1.29 is 18.6 Å². The molecule has 1 aromatic heterocycles. The molecule has 0 aliphatic carbocycles. The number of thioether (sulfide) groups is 1. The van der Waals surface area contributed by atoms with Crippen LogP contribution in [-0.2, 0) is 5.75 Å². The van der Waals surface area contributed by atoms with Crippen molar-refractivity contribution in [3.05, 3.63) is 65.6 Å². The molecule has 0 radical (unpaired) electrons. The molecule has 132 valence electrons. The molecule has 0 amide bonds. The molecule has 3 aromatic rings. The molecule has 4 rings (SSSR count). The molecule has 0 bridgehead atoms. The number of benzene rings is 2. The third-order valence-electron chi connectivity index (χ3n) is 3.69. The van der Waals surface area contributed by atoms with Crippen LogP contribution in [0.4, 0.5) is 4.39 Å². The second kappa shape index (κ2) is 7.21. The molecule has 0 spiro atoms. The molecule has 0 saturated heterocycles. The largest absolute Gasteiger partial charge is 0.454 e. The van der Waals surface area contributed by atoms with Crippen molar-refractivity contribution in [3.63, 3.8) is 0 Å². The van der Waals surface area contributed by atoms with E-state index in [-0.39, 0.29) is 12.6 Å². The molecule has 0 saturated carbocycles. The van der Waals surface area contributed by atoms with Gasteiger partial charge in [-0.2, -0.15) is 4.98 Å². The number of fused-ring (bicyclic) bond motifs is 1. The lowest BCUT2D eigenvalue weighted by atomic mass is 10.2. The Hall–Kier alpha value is -2.80. The first-order chi connectivity index (χ1) is 12.7. The van der Waals surface area contributed by atoms with Gasteiger partial charge in [0.2, 0.25) is 12.7 Å². The van der Waals surface area contributed by atoms with E-state index in [9.17, 15) is 4.39 Å². The van der Waals surface area contributed by atoms with E-state index in [1.807, 2.05) is 13.0 Å². The van der Waals surface area contributed by atoms with E-state index in [2.05, 4.69) is 9.97 Å². The minimum atomic E-state index is -0.232. The fourth-order valence-electron chi connectivity index (χ4n) is 2.45. The standard InChI is InChI=1S/C19H15FN2O3S/c1-12-8-18(25-14-6-7-16-17(9-14)24-11-23-16)22-19(21-12)26-10-13-4-2-3-5-15(13)20/h2-9H,10-11H2,1H3. The lowest BCUT2D eigenvalue weighted by molar-refractivity contribution is 0.174. The van der Waals surface area contributed by atoms with Crippen molar-refractivity contribution >= 4 is 11.8 Å². The van der Waals surface area contributed by atoms with Gasteiger partial charge >= 0.3 is 0 Å². The van der Waals surface area contributed by atoms with Gasteiger partial charge < -0.3 is 14.2 Å². The molecule has 1 aliphatic heterocycles. The third-order valence-corrected chi connectivity index (χ3v) is 4.59. The van der Waals surface area contributed by atoms with Crippen LogP contribution in [0.1, 0.15) is 11.3 Å². The highest BCUT2D eigenvalue weighted by Gasteiger charge is 2.15. The molecule has 2 aromatic carbocycles. The summed E-state index contributed by atoms with van der Waals surface area (Å²) in [7, 11) is 0. The topological polar surface area (TPSA) is 53.5 Å². The van der Waals surface area contributed by atoms with E-state index < -0.39 is 0 Å². The normalized spacial score (nSPS) is 12.2. The minimum absolute atomic E-state index is 0.211. The molecular weight excluding hydrogens is 355 g/mol. The molecule has 0 atom stereocenters. The predicted molar refractivity (Wildman–Crippen MR) is 95.4 cm³/mol. The van der Waals surface area contributed by atoms with Crippen LogP contribution in [0.2, 0.25) is 0 Å². The highest BCUT2D eigenvalue weighted by molar-refractivity contribution is 7.98. The Labute approximate surface area is 154 Å². The zero-order valence-corrected chi connectivity index (χ0v) is 14.8. The van der Waals surface area contributed by atoms with Gasteiger partial charge in [-0.25, -0.2) is 9.37 Å². The van der Waals surface area contributed by atoms with Gasteiger partial charge in [0.25, 0.3) is 0 Å². The molecule has 2 heterocycles. The fraction of sp³-hybridized carbons (Fsp3) is 0.158. The van der Waals surface area contributed by atoms with Crippen LogP contribution in [0, 0.1) is 12.7 Å². The second-order valence-corrected chi connectivity index (χ2v) is 6.57. The first-order valence-corrected chi connectivity index (χ1v) is 8.95. The monoisotopic (exact) mass is 370 g/mol. The van der Waals surface area contributed by atoms with Crippen molar-refractivity contribution in [2.45, 2.75) is 17.8 Å². The minimum Gasteiger partial charge on any atom is -0.454 e. The van der Waals surface area contributed by atoms with E-state index in [0.29, 0.717) is 39.6 Å². The Balaban J connectivity index is 1.50. The maximum atomic E-state index is 13.7. The van der Waals surface area contributed by atoms with Crippen LogP contribution >= 0.6 is 11.8 Å². The quantitative estimate of drug-likeness (QED) is 0.478. The van der Waals surface area contributed by atoms with Gasteiger partial charge in [-0.1, -0.05) is 30.0 Å². The summed E-state index contributed by atoms with van der Waals surface area (Å²) in [6, 6.07) is 13.8. The first kappa shape index (κ1) is 16.7. The van der Waals surface area contributed by atoms with E-state index in [1.165, 1.54) is 17.8 Å². The third kappa shape index (κ3) is 3.72. The van der Waals surface area contributed by atoms with Gasteiger partial charge in [-0.3, -0.25) is 0 Å². The van der Waals surface area contributed by atoms with Gasteiger partial charge in [0, 0.05) is 23.6 Å². The maximum Gasteiger partial charge on any atom is 0.231 e. The summed E-state index contributed by atoms with van der Waals surface area (Å²) in [6.07, 6.45) is 0. The predicted octanol–water partition coefficient (Wildman–Crippen LogP) is 4.74. The van der Waals surface area contributed by atoms with Crippen LogP contribution in [0.25, 0.3) is 0 Å². The Morgan fingerprint density at radius 3 is 2.81 bits per heavy atom. The SMILES string of the molecule is Cc1cc(Oc2ccc3c(c2)OCO3)nc(SCc2ccccc2F)n1. The lowest BCUT2D eigenvalue weighted by Crippen LogP contribution is -1.96. The van der Waals surface area contributed by atoms with Crippen molar-refractivity contribution in [2.75, 3.05) is 6.79 Å².